The Bertz CT molecular complexity index is 143. The molecule has 1 aromatic rings. The number of hydrogen-bond acceptors (Lipinski definition) is 1. The average Bonchev–Trinajstić information content (AvgIpc) is 1.69. The molecule has 0 N–H and O–H groups in total. The molecule has 9 heavy (non-hydrogen) atoms. The summed E-state index contributed by atoms with van der Waals surface area (Å²) in [6, 6.07) is 9.44. The maximum atomic E-state index is 5.54. The Morgan fingerprint density at radius 2 is 1.44 bits per heavy atom. The van der Waals surface area contributed by atoms with E-state index in [1.807, 2.05) is 30.3 Å². The Morgan fingerprint density at radius 3 is 1.67 bits per heavy atom. The molecule has 49 valence electrons. The van der Waals surface area contributed by atoms with Gasteiger partial charge in [-0.1, -0.05) is 29.8 Å². The van der Waals surface area contributed by atoms with Crippen molar-refractivity contribution in [3.8, 4) is 0 Å². The van der Waals surface area contributed by atoms with E-state index in [4.69, 9.17) is 11.6 Å². The molecule has 0 amide bonds. The van der Waals surface area contributed by atoms with Crippen LogP contribution in [0.1, 0.15) is 0 Å². The second kappa shape index (κ2) is 6.79. The van der Waals surface area contributed by atoms with Crippen molar-refractivity contribution >= 4 is 49.5 Å². The van der Waals surface area contributed by atoms with E-state index in [1.54, 1.807) is 0 Å². The Labute approximate surface area is 84.5 Å². The first-order valence-corrected chi connectivity index (χ1v) is 2.48. The predicted molar refractivity (Wildman–Crippen MR) is 46.0 cm³/mol. The van der Waals surface area contributed by atoms with E-state index in [-0.39, 0.29) is 37.9 Å². The normalized spacial score (nSPS) is 6.78. The van der Waals surface area contributed by atoms with Gasteiger partial charge in [0.05, 0.1) is 0 Å². The van der Waals surface area contributed by atoms with Gasteiger partial charge in [0.25, 0.3) is 0 Å². The van der Waals surface area contributed by atoms with Gasteiger partial charge in [0.15, 0.2) is 0 Å². The Hall–Kier alpha value is 0.678. The Balaban J connectivity index is 0. The van der Waals surface area contributed by atoms with Crippen LogP contribution >= 0.6 is 11.6 Å². The minimum Gasteiger partial charge on any atom is -0.813 e. The van der Waals surface area contributed by atoms with Gasteiger partial charge in [-0.15, -0.1) is 0 Å². The van der Waals surface area contributed by atoms with E-state index in [1.165, 1.54) is 0 Å². The molecule has 0 fully saturated rings. The van der Waals surface area contributed by atoms with E-state index in [0.717, 1.165) is 5.02 Å². The van der Waals surface area contributed by atoms with Crippen molar-refractivity contribution in [1.29, 1.82) is 0 Å². The molecule has 0 aliphatic carbocycles. The van der Waals surface area contributed by atoms with Crippen LogP contribution in [-0.2, 0) is 13.5 Å². The molecule has 0 heterocycles. The second-order valence-corrected chi connectivity index (χ2v) is 1.73. The van der Waals surface area contributed by atoms with Gasteiger partial charge in [0.2, 0.25) is 0 Å². The first-order valence-electron chi connectivity index (χ1n) is 2.10. The molecule has 3 heteroatoms. The van der Waals surface area contributed by atoms with E-state index in [9.17, 15) is 0 Å². The molecule has 0 nitrogen and oxygen atoms in total. The standard InChI is InChI=1S/C6H5Cl.H2S.Sb/c7-6-4-2-1-3-5-6;;/h1-5H;1H2;/p-1. The van der Waals surface area contributed by atoms with Crippen LogP contribution in [0.4, 0.5) is 0 Å². The van der Waals surface area contributed by atoms with Crippen LogP contribution in [0.25, 0.3) is 0 Å². The summed E-state index contributed by atoms with van der Waals surface area (Å²) in [6.45, 7) is 0. The summed E-state index contributed by atoms with van der Waals surface area (Å²) < 4.78 is 0. The van der Waals surface area contributed by atoms with E-state index in [2.05, 4.69) is 0 Å². The molecule has 0 saturated heterocycles. The Morgan fingerprint density at radius 1 is 1.00 bits per heavy atom. The van der Waals surface area contributed by atoms with E-state index < -0.39 is 0 Å². The fraction of sp³-hybridized carbons (Fsp3) is 0. The van der Waals surface area contributed by atoms with Gasteiger partial charge in [-0.3, -0.25) is 0 Å². The molecule has 1 aromatic carbocycles. The number of thiol groups is 1. The van der Waals surface area contributed by atoms with Crippen LogP contribution in [0.2, 0.25) is 5.02 Å². The fourth-order valence-electron chi connectivity index (χ4n) is 0.415. The van der Waals surface area contributed by atoms with Crippen molar-refractivity contribution in [2.75, 3.05) is 0 Å². The zero-order valence-corrected chi connectivity index (χ0v) is 8.86. The van der Waals surface area contributed by atoms with Crippen LogP contribution in [0.3, 0.4) is 0 Å². The summed E-state index contributed by atoms with van der Waals surface area (Å²) >= 11 is 5.54. The smallest absolute Gasteiger partial charge is 0.0405 e. The van der Waals surface area contributed by atoms with Crippen molar-refractivity contribution in [2.45, 2.75) is 0 Å². The topological polar surface area (TPSA) is 0 Å². The molecule has 0 aliphatic rings. The SMILES string of the molecule is Clc1ccccc1.[SH-].[Sb]. The van der Waals surface area contributed by atoms with Gasteiger partial charge in [-0.2, -0.15) is 0 Å². The quantitative estimate of drug-likeness (QED) is 0.392. The molecule has 1 rings (SSSR count). The van der Waals surface area contributed by atoms with Crippen LogP contribution in [0.15, 0.2) is 30.3 Å². The third-order valence-corrected chi connectivity index (χ3v) is 0.985. The molecule has 3 radical (unpaired) electrons. The maximum Gasteiger partial charge on any atom is 0.0405 e. The van der Waals surface area contributed by atoms with Crippen molar-refractivity contribution in [1.82, 2.24) is 0 Å². The minimum absolute atomic E-state index is 0. The van der Waals surface area contributed by atoms with Crippen LogP contribution < -0.4 is 0 Å². The van der Waals surface area contributed by atoms with Crippen molar-refractivity contribution in [3.05, 3.63) is 35.4 Å². The molecule has 0 bridgehead atoms. The maximum absolute atomic E-state index is 5.54. The van der Waals surface area contributed by atoms with Gasteiger partial charge in [-0.05, 0) is 12.1 Å². The summed E-state index contributed by atoms with van der Waals surface area (Å²) in [6.07, 6.45) is 0. The molecule has 0 spiro atoms. The van der Waals surface area contributed by atoms with Crippen LogP contribution in [0, 0.1) is 0 Å². The zero-order chi connectivity index (χ0) is 5.11. The van der Waals surface area contributed by atoms with Crippen molar-refractivity contribution < 1.29 is 0 Å². The van der Waals surface area contributed by atoms with Gasteiger partial charge in [0, 0.05) is 29.5 Å². The van der Waals surface area contributed by atoms with Gasteiger partial charge in [0.1, 0.15) is 0 Å². The number of rotatable bonds is 0. The first kappa shape index (κ1) is 12.4. The van der Waals surface area contributed by atoms with Crippen molar-refractivity contribution in [2.24, 2.45) is 0 Å². The average molecular weight is 267 g/mol. The van der Waals surface area contributed by atoms with Crippen molar-refractivity contribution in [3.63, 3.8) is 0 Å². The van der Waals surface area contributed by atoms with Gasteiger partial charge in [-0.25, -0.2) is 0 Å². The summed E-state index contributed by atoms with van der Waals surface area (Å²) in [5.41, 5.74) is 0. The first-order chi connectivity index (χ1) is 3.39. The zero-order valence-electron chi connectivity index (χ0n) is 4.66. The number of hydrogen-bond donors (Lipinski definition) is 0. The molecule has 0 aromatic heterocycles. The minimum atomic E-state index is 0. The molecule has 0 unspecified atom stereocenters. The third kappa shape index (κ3) is 5.14. The largest absolute Gasteiger partial charge is 0.813 e. The molecular weight excluding hydrogens is 261 g/mol. The molecule has 0 aliphatic heterocycles. The second-order valence-electron chi connectivity index (χ2n) is 1.30. The summed E-state index contributed by atoms with van der Waals surface area (Å²) in [5.74, 6) is 0. The van der Waals surface area contributed by atoms with Crippen LogP contribution in [-0.4, -0.2) is 24.4 Å². The van der Waals surface area contributed by atoms with E-state index in [0.29, 0.717) is 0 Å². The Kier molecular flexibility index (Phi) is 9.33. The third-order valence-electron chi connectivity index (χ3n) is 0.733. The fourth-order valence-corrected chi connectivity index (χ4v) is 0.560. The number of benzene rings is 1. The number of halogens is 1. The van der Waals surface area contributed by atoms with Crippen LogP contribution in [0.5, 0.6) is 0 Å². The van der Waals surface area contributed by atoms with E-state index >= 15 is 0 Å². The van der Waals surface area contributed by atoms with Gasteiger partial charge < -0.3 is 13.5 Å². The molecule has 0 saturated carbocycles. The molecular formula is C6H6ClSSb-. The predicted octanol–water partition coefficient (Wildman–Crippen LogP) is 1.69. The summed E-state index contributed by atoms with van der Waals surface area (Å²) in [4.78, 5) is 0. The molecule has 0 atom stereocenters. The summed E-state index contributed by atoms with van der Waals surface area (Å²) in [5, 5.41) is 0.794. The monoisotopic (exact) mass is 266 g/mol. The van der Waals surface area contributed by atoms with Gasteiger partial charge >= 0.3 is 0 Å². The summed E-state index contributed by atoms with van der Waals surface area (Å²) in [7, 11) is 0.